The van der Waals surface area contributed by atoms with Crippen LogP contribution in [0.4, 0.5) is 16.5 Å². The molecule has 0 saturated carbocycles. The number of aromatic nitrogens is 1. The number of rotatable bonds is 11. The van der Waals surface area contributed by atoms with Crippen molar-refractivity contribution in [3.8, 4) is 11.3 Å². The monoisotopic (exact) mass is 661 g/mol. The van der Waals surface area contributed by atoms with E-state index in [1.54, 1.807) is 42.5 Å². The number of thiazole rings is 1. The van der Waals surface area contributed by atoms with Gasteiger partial charge >= 0.3 is 0 Å². The zero-order chi connectivity index (χ0) is 33.3. The molecule has 47 heavy (non-hydrogen) atoms. The van der Waals surface area contributed by atoms with E-state index >= 15 is 0 Å². The maximum Gasteiger partial charge on any atom is 0.272 e. The van der Waals surface area contributed by atoms with Crippen LogP contribution in [0.15, 0.2) is 120 Å². The van der Waals surface area contributed by atoms with Gasteiger partial charge in [-0.2, -0.15) is 0 Å². The van der Waals surface area contributed by atoms with Crippen LogP contribution in [0, 0.1) is 6.92 Å². The van der Waals surface area contributed by atoms with Gasteiger partial charge in [-0.05, 0) is 68.0 Å². The van der Waals surface area contributed by atoms with Gasteiger partial charge in [0.1, 0.15) is 5.70 Å². The second kappa shape index (κ2) is 15.4. The quantitative estimate of drug-likeness (QED) is 0.0990. The minimum Gasteiger partial charge on any atom is -0.378 e. The lowest BCUT2D eigenvalue weighted by Gasteiger charge is -2.14. The molecule has 1 atom stereocenters. The summed E-state index contributed by atoms with van der Waals surface area (Å²) in [6.07, 6.45) is 1.64. The SMILES string of the molecule is Cc1sc(NC(=O)C(C)Sc2cccc(NC(=O)/C(=C\c3ccc(N(C)C)cc3)NC(=O)c3ccccc3)c2)nc1-c1ccccc1. The number of carbonyl (C=O) groups excluding carboxylic acids is 3. The summed E-state index contributed by atoms with van der Waals surface area (Å²) in [7, 11) is 3.90. The molecule has 1 aromatic heterocycles. The Labute approximate surface area is 282 Å². The first-order valence-corrected chi connectivity index (χ1v) is 16.6. The normalized spacial score (nSPS) is 11.8. The van der Waals surface area contributed by atoms with Gasteiger partial charge in [0, 0.05) is 46.4 Å². The molecule has 0 fully saturated rings. The van der Waals surface area contributed by atoms with E-state index in [4.69, 9.17) is 0 Å². The lowest BCUT2D eigenvalue weighted by Crippen LogP contribution is -2.30. The molecule has 4 aromatic carbocycles. The molecule has 0 aliphatic rings. The summed E-state index contributed by atoms with van der Waals surface area (Å²) in [5, 5.41) is 8.74. The molecule has 5 aromatic rings. The fourth-order valence-corrected chi connectivity index (χ4v) is 6.37. The smallest absolute Gasteiger partial charge is 0.272 e. The van der Waals surface area contributed by atoms with E-state index in [1.165, 1.54) is 23.1 Å². The first kappa shape index (κ1) is 33.2. The minimum absolute atomic E-state index is 0.0934. The second-order valence-electron chi connectivity index (χ2n) is 10.9. The molecule has 10 heteroatoms. The predicted octanol–water partition coefficient (Wildman–Crippen LogP) is 7.71. The third-order valence-corrected chi connectivity index (χ3v) is 9.08. The Hall–Kier alpha value is -5.19. The Balaban J connectivity index is 1.27. The van der Waals surface area contributed by atoms with Gasteiger partial charge in [-0.3, -0.25) is 14.4 Å². The van der Waals surface area contributed by atoms with Crippen molar-refractivity contribution in [3.63, 3.8) is 0 Å². The van der Waals surface area contributed by atoms with Crippen molar-refractivity contribution in [2.45, 2.75) is 24.0 Å². The molecule has 0 spiro atoms. The number of hydrogen-bond donors (Lipinski definition) is 3. The number of hydrogen-bond acceptors (Lipinski definition) is 7. The topological polar surface area (TPSA) is 103 Å². The van der Waals surface area contributed by atoms with E-state index in [0.29, 0.717) is 16.4 Å². The van der Waals surface area contributed by atoms with E-state index in [1.807, 2.05) is 106 Å². The number of nitrogens with zero attached hydrogens (tertiary/aromatic N) is 2. The third-order valence-electron chi connectivity index (χ3n) is 7.10. The number of benzene rings is 4. The fraction of sp³-hybridized carbons (Fsp3) is 0.135. The summed E-state index contributed by atoms with van der Waals surface area (Å²) >= 11 is 2.81. The summed E-state index contributed by atoms with van der Waals surface area (Å²) < 4.78 is 0. The zero-order valence-corrected chi connectivity index (χ0v) is 28.1. The number of carbonyl (C=O) groups is 3. The third kappa shape index (κ3) is 8.96. The maximum atomic E-state index is 13.6. The van der Waals surface area contributed by atoms with Gasteiger partial charge in [0.2, 0.25) is 5.91 Å². The number of nitrogens with one attached hydrogen (secondary N) is 3. The molecule has 0 aliphatic carbocycles. The highest BCUT2D eigenvalue weighted by Crippen LogP contribution is 2.32. The van der Waals surface area contributed by atoms with Crippen molar-refractivity contribution in [3.05, 3.63) is 131 Å². The van der Waals surface area contributed by atoms with Crippen molar-refractivity contribution in [1.82, 2.24) is 10.3 Å². The molecule has 238 valence electrons. The maximum absolute atomic E-state index is 13.6. The van der Waals surface area contributed by atoms with Gasteiger partial charge in [-0.25, -0.2) is 4.98 Å². The summed E-state index contributed by atoms with van der Waals surface area (Å²) in [6.45, 7) is 3.81. The van der Waals surface area contributed by atoms with E-state index in [0.717, 1.165) is 32.3 Å². The van der Waals surface area contributed by atoms with Gasteiger partial charge in [-0.15, -0.1) is 23.1 Å². The van der Waals surface area contributed by atoms with Crippen LogP contribution in [0.1, 0.15) is 27.7 Å². The molecule has 0 bridgehead atoms. The van der Waals surface area contributed by atoms with Gasteiger partial charge < -0.3 is 20.9 Å². The van der Waals surface area contributed by atoms with Crippen LogP contribution in [0.2, 0.25) is 0 Å². The van der Waals surface area contributed by atoms with Gasteiger partial charge in [-0.1, -0.05) is 66.7 Å². The molecular weight excluding hydrogens is 627 g/mol. The molecule has 1 heterocycles. The van der Waals surface area contributed by atoms with E-state index in [9.17, 15) is 14.4 Å². The molecule has 0 saturated heterocycles. The number of aryl methyl sites for hydroxylation is 1. The number of anilines is 3. The first-order valence-electron chi connectivity index (χ1n) is 14.9. The Morgan fingerprint density at radius 3 is 2.21 bits per heavy atom. The number of thioether (sulfide) groups is 1. The molecule has 3 amide bonds. The van der Waals surface area contributed by atoms with Crippen molar-refractivity contribution in [1.29, 1.82) is 0 Å². The van der Waals surface area contributed by atoms with Crippen LogP contribution >= 0.6 is 23.1 Å². The molecule has 8 nitrogen and oxygen atoms in total. The second-order valence-corrected chi connectivity index (χ2v) is 13.5. The Morgan fingerprint density at radius 2 is 1.53 bits per heavy atom. The fourth-order valence-electron chi connectivity index (χ4n) is 4.60. The standard InChI is InChI=1S/C37H35N5O3S2/c1-24-33(27-12-7-5-8-13-27)40-37(47-24)41-34(43)25(2)46-31-17-11-16-29(23-31)38-36(45)32(39-35(44)28-14-9-6-10-15-28)22-26-18-20-30(21-19-26)42(3)4/h5-23,25H,1-4H3,(H,38,45)(H,39,44)(H,40,41,43)/b32-22+. The van der Waals surface area contributed by atoms with E-state index in [-0.39, 0.29) is 11.6 Å². The van der Waals surface area contributed by atoms with Crippen LogP contribution in [0.25, 0.3) is 17.3 Å². The van der Waals surface area contributed by atoms with Crippen LogP contribution in [0.5, 0.6) is 0 Å². The highest BCUT2D eigenvalue weighted by atomic mass is 32.2. The molecule has 0 radical (unpaired) electrons. The van der Waals surface area contributed by atoms with Crippen molar-refractivity contribution < 1.29 is 14.4 Å². The average Bonchev–Trinajstić information content (AvgIpc) is 3.44. The molecule has 3 N–H and O–H groups in total. The van der Waals surface area contributed by atoms with Crippen molar-refractivity contribution >= 4 is 63.4 Å². The highest BCUT2D eigenvalue weighted by Gasteiger charge is 2.19. The largest absolute Gasteiger partial charge is 0.378 e. The lowest BCUT2D eigenvalue weighted by molar-refractivity contribution is -0.115. The molecular formula is C37H35N5O3S2. The summed E-state index contributed by atoms with van der Waals surface area (Å²) in [6, 6.07) is 33.5. The van der Waals surface area contributed by atoms with Crippen LogP contribution in [-0.4, -0.2) is 42.1 Å². The minimum atomic E-state index is -0.479. The Kier molecular flexibility index (Phi) is 10.9. The van der Waals surface area contributed by atoms with Crippen molar-refractivity contribution in [2.75, 3.05) is 29.6 Å². The summed E-state index contributed by atoms with van der Waals surface area (Å²) in [5.74, 6) is -1.05. The lowest BCUT2D eigenvalue weighted by atomic mass is 10.1. The Bertz CT molecular complexity index is 1890. The van der Waals surface area contributed by atoms with Gasteiger partial charge in [0.05, 0.1) is 10.9 Å². The van der Waals surface area contributed by atoms with Crippen molar-refractivity contribution in [2.24, 2.45) is 0 Å². The van der Waals surface area contributed by atoms with Crippen LogP contribution in [-0.2, 0) is 9.59 Å². The van der Waals surface area contributed by atoms with Gasteiger partial charge in [0.15, 0.2) is 5.13 Å². The van der Waals surface area contributed by atoms with E-state index < -0.39 is 17.1 Å². The molecule has 1 unspecified atom stereocenters. The first-order chi connectivity index (χ1) is 22.7. The number of amides is 3. The van der Waals surface area contributed by atoms with Crippen LogP contribution in [0.3, 0.4) is 0 Å². The average molecular weight is 662 g/mol. The molecule has 5 rings (SSSR count). The van der Waals surface area contributed by atoms with Crippen LogP contribution < -0.4 is 20.9 Å². The molecule has 0 aliphatic heterocycles. The Morgan fingerprint density at radius 1 is 0.851 bits per heavy atom. The summed E-state index contributed by atoms with van der Waals surface area (Å²) in [5.41, 5.74) is 4.68. The summed E-state index contributed by atoms with van der Waals surface area (Å²) in [4.78, 5) is 48.1. The van der Waals surface area contributed by atoms with Gasteiger partial charge in [0.25, 0.3) is 11.8 Å². The van der Waals surface area contributed by atoms with E-state index in [2.05, 4.69) is 20.9 Å². The predicted molar refractivity (Wildman–Crippen MR) is 194 cm³/mol. The highest BCUT2D eigenvalue weighted by molar-refractivity contribution is 8.00. The zero-order valence-electron chi connectivity index (χ0n) is 26.5.